The molecule has 0 bridgehead atoms. The van der Waals surface area contributed by atoms with E-state index in [-0.39, 0.29) is 0 Å². The van der Waals surface area contributed by atoms with Crippen molar-refractivity contribution in [2.75, 3.05) is 13.1 Å². The van der Waals surface area contributed by atoms with Crippen molar-refractivity contribution in [3.8, 4) is 0 Å². The Kier molecular flexibility index (Phi) is 3.01. The monoisotopic (exact) mass is 245 g/mol. The van der Waals surface area contributed by atoms with Gasteiger partial charge < -0.3 is 5.32 Å². The third kappa shape index (κ3) is 2.37. The van der Waals surface area contributed by atoms with Gasteiger partial charge in [0.1, 0.15) is 0 Å². The van der Waals surface area contributed by atoms with Crippen LogP contribution in [0.1, 0.15) is 19.5 Å². The van der Waals surface area contributed by atoms with Gasteiger partial charge in [-0.15, -0.1) is 0 Å². The summed E-state index contributed by atoms with van der Waals surface area (Å²) in [5.41, 5.74) is 1.09. The lowest BCUT2D eigenvalue weighted by Crippen LogP contribution is -2.53. The van der Waals surface area contributed by atoms with Gasteiger partial charge in [-0.2, -0.15) is 0 Å². The maximum absolute atomic E-state index is 4.55. The summed E-state index contributed by atoms with van der Waals surface area (Å²) >= 11 is 0. The summed E-state index contributed by atoms with van der Waals surface area (Å²) in [5, 5.41) is 3.54. The molecule has 18 heavy (non-hydrogen) atoms. The quantitative estimate of drug-likeness (QED) is 0.854. The lowest BCUT2D eigenvalue weighted by molar-refractivity contribution is 0.165. The molecule has 1 N–H and O–H groups in total. The number of hydrogen-bond acceptors (Lipinski definition) is 4. The summed E-state index contributed by atoms with van der Waals surface area (Å²) in [6, 6.07) is 3.01. The number of piperazine rings is 1. The van der Waals surface area contributed by atoms with E-state index in [9.17, 15) is 0 Å². The van der Waals surface area contributed by atoms with Gasteiger partial charge in [0.15, 0.2) is 0 Å². The lowest BCUT2D eigenvalue weighted by Gasteiger charge is -2.35. The number of rotatable bonds is 2. The maximum atomic E-state index is 4.55. The molecule has 0 aromatic carbocycles. The molecule has 1 fully saturated rings. The Morgan fingerprint density at radius 2 is 2.11 bits per heavy atom. The van der Waals surface area contributed by atoms with Crippen LogP contribution in [0.3, 0.4) is 0 Å². The number of fused-ring (bicyclic) bond motifs is 1. The van der Waals surface area contributed by atoms with E-state index in [4.69, 9.17) is 0 Å². The summed E-state index contributed by atoms with van der Waals surface area (Å²) < 4.78 is 1.98. The highest BCUT2D eigenvalue weighted by molar-refractivity contribution is 5.29. The summed E-state index contributed by atoms with van der Waals surface area (Å²) in [5.74, 6) is 0.781. The molecule has 2 aromatic heterocycles. The number of aromatic nitrogens is 3. The Bertz CT molecular complexity index is 492. The predicted molar refractivity (Wildman–Crippen MR) is 70.3 cm³/mol. The SMILES string of the molecule is CC1CN(Cc2cn3cccnc3n2)CC(C)N1. The second-order valence-corrected chi connectivity index (χ2v) is 5.22. The van der Waals surface area contributed by atoms with Crippen LogP contribution in [0.4, 0.5) is 0 Å². The maximum Gasteiger partial charge on any atom is 0.233 e. The van der Waals surface area contributed by atoms with Crippen molar-refractivity contribution in [1.29, 1.82) is 0 Å². The fourth-order valence-corrected chi connectivity index (χ4v) is 2.75. The van der Waals surface area contributed by atoms with Crippen molar-refractivity contribution in [3.05, 3.63) is 30.4 Å². The molecule has 0 saturated carbocycles. The molecule has 3 heterocycles. The summed E-state index contributed by atoms with van der Waals surface area (Å²) in [7, 11) is 0. The molecule has 0 spiro atoms. The van der Waals surface area contributed by atoms with Gasteiger partial charge in [-0.05, 0) is 19.9 Å². The normalized spacial score (nSPS) is 25.7. The van der Waals surface area contributed by atoms with Crippen LogP contribution in [0.15, 0.2) is 24.7 Å². The van der Waals surface area contributed by atoms with Gasteiger partial charge in [-0.1, -0.05) is 0 Å². The summed E-state index contributed by atoms with van der Waals surface area (Å²) in [6.07, 6.45) is 5.84. The number of nitrogens with zero attached hydrogens (tertiary/aromatic N) is 4. The Balaban J connectivity index is 1.75. The molecule has 1 aliphatic rings. The van der Waals surface area contributed by atoms with Gasteiger partial charge in [-0.3, -0.25) is 9.30 Å². The number of nitrogens with one attached hydrogen (secondary N) is 1. The van der Waals surface area contributed by atoms with E-state index in [1.165, 1.54) is 0 Å². The smallest absolute Gasteiger partial charge is 0.233 e. The molecule has 0 amide bonds. The first-order valence-electron chi connectivity index (χ1n) is 6.48. The van der Waals surface area contributed by atoms with Crippen LogP contribution in [0.25, 0.3) is 5.78 Å². The van der Waals surface area contributed by atoms with E-state index in [1.54, 1.807) is 6.20 Å². The molecule has 0 aliphatic carbocycles. The second kappa shape index (κ2) is 4.66. The third-order valence-corrected chi connectivity index (χ3v) is 3.30. The van der Waals surface area contributed by atoms with Gasteiger partial charge in [-0.25, -0.2) is 9.97 Å². The van der Waals surface area contributed by atoms with Gasteiger partial charge in [0.05, 0.1) is 5.69 Å². The zero-order valence-corrected chi connectivity index (χ0v) is 10.9. The van der Waals surface area contributed by atoms with Crippen LogP contribution in [-0.4, -0.2) is 44.4 Å². The first-order valence-corrected chi connectivity index (χ1v) is 6.48. The molecule has 2 aromatic rings. The topological polar surface area (TPSA) is 45.5 Å². The van der Waals surface area contributed by atoms with Crippen LogP contribution in [0.5, 0.6) is 0 Å². The molecule has 96 valence electrons. The van der Waals surface area contributed by atoms with Gasteiger partial charge in [0.25, 0.3) is 0 Å². The fourth-order valence-electron chi connectivity index (χ4n) is 2.75. The number of imidazole rings is 1. The van der Waals surface area contributed by atoms with Crippen LogP contribution >= 0.6 is 0 Å². The van der Waals surface area contributed by atoms with E-state index >= 15 is 0 Å². The second-order valence-electron chi connectivity index (χ2n) is 5.22. The molecule has 2 atom stereocenters. The van der Waals surface area contributed by atoms with Crippen LogP contribution in [0, 0.1) is 0 Å². The Morgan fingerprint density at radius 3 is 2.83 bits per heavy atom. The highest BCUT2D eigenvalue weighted by atomic mass is 15.2. The summed E-state index contributed by atoms with van der Waals surface area (Å²) in [6.45, 7) is 7.51. The average molecular weight is 245 g/mol. The van der Waals surface area contributed by atoms with E-state index < -0.39 is 0 Å². The Hall–Kier alpha value is -1.46. The zero-order valence-electron chi connectivity index (χ0n) is 10.9. The molecule has 2 unspecified atom stereocenters. The predicted octanol–water partition coefficient (Wildman–Crippen LogP) is 0.911. The van der Waals surface area contributed by atoms with E-state index in [0.717, 1.165) is 31.1 Å². The van der Waals surface area contributed by atoms with Crippen molar-refractivity contribution in [3.63, 3.8) is 0 Å². The zero-order chi connectivity index (χ0) is 12.5. The molecular formula is C13H19N5. The largest absolute Gasteiger partial charge is 0.309 e. The highest BCUT2D eigenvalue weighted by Crippen LogP contribution is 2.10. The fraction of sp³-hybridized carbons (Fsp3) is 0.538. The van der Waals surface area contributed by atoms with Gasteiger partial charge >= 0.3 is 0 Å². The van der Waals surface area contributed by atoms with Crippen molar-refractivity contribution in [2.24, 2.45) is 0 Å². The minimum absolute atomic E-state index is 0.545. The highest BCUT2D eigenvalue weighted by Gasteiger charge is 2.21. The average Bonchev–Trinajstić information content (AvgIpc) is 2.69. The molecule has 3 rings (SSSR count). The molecule has 1 saturated heterocycles. The first-order chi connectivity index (χ1) is 8.70. The van der Waals surface area contributed by atoms with Crippen molar-refractivity contribution in [1.82, 2.24) is 24.6 Å². The minimum atomic E-state index is 0.545. The van der Waals surface area contributed by atoms with E-state index in [0.29, 0.717) is 12.1 Å². The molecule has 0 radical (unpaired) electrons. The summed E-state index contributed by atoms with van der Waals surface area (Å²) in [4.78, 5) is 11.2. The molecular weight excluding hydrogens is 226 g/mol. The van der Waals surface area contributed by atoms with E-state index in [1.807, 2.05) is 16.7 Å². The van der Waals surface area contributed by atoms with E-state index in [2.05, 4.69) is 40.2 Å². The first kappa shape index (κ1) is 11.6. The van der Waals surface area contributed by atoms with Crippen molar-refractivity contribution in [2.45, 2.75) is 32.5 Å². The van der Waals surface area contributed by atoms with Crippen LogP contribution in [0.2, 0.25) is 0 Å². The van der Waals surface area contributed by atoms with Gasteiger partial charge in [0.2, 0.25) is 5.78 Å². The number of hydrogen-bond donors (Lipinski definition) is 1. The van der Waals surface area contributed by atoms with Crippen LogP contribution in [-0.2, 0) is 6.54 Å². The Morgan fingerprint density at radius 1 is 1.33 bits per heavy atom. The van der Waals surface area contributed by atoms with Crippen molar-refractivity contribution >= 4 is 5.78 Å². The van der Waals surface area contributed by atoms with Crippen molar-refractivity contribution < 1.29 is 0 Å². The Labute approximate surface area is 107 Å². The lowest BCUT2D eigenvalue weighted by atomic mass is 10.1. The molecule has 1 aliphatic heterocycles. The standard InChI is InChI=1S/C13H19N5/c1-10-6-17(7-11(2)15-10)8-12-9-18-5-3-4-14-13(18)16-12/h3-5,9-11,15H,6-8H2,1-2H3. The molecule has 5 nitrogen and oxygen atoms in total. The third-order valence-electron chi connectivity index (χ3n) is 3.30. The van der Waals surface area contributed by atoms with Gasteiger partial charge in [0, 0.05) is 50.3 Å². The van der Waals surface area contributed by atoms with Crippen LogP contribution < -0.4 is 5.32 Å². The minimum Gasteiger partial charge on any atom is -0.309 e. The molecule has 5 heteroatoms.